The van der Waals surface area contributed by atoms with Gasteiger partial charge in [0.15, 0.2) is 11.5 Å². The molecular formula is C24H36N2O4. The van der Waals surface area contributed by atoms with Gasteiger partial charge in [0.25, 0.3) is 5.91 Å². The molecule has 0 aromatic heterocycles. The molecule has 166 valence electrons. The van der Waals surface area contributed by atoms with Gasteiger partial charge in [0.1, 0.15) is 12.6 Å². The Morgan fingerprint density at radius 2 is 1.80 bits per heavy atom. The van der Waals surface area contributed by atoms with Gasteiger partial charge in [-0.15, -0.1) is 0 Å². The van der Waals surface area contributed by atoms with Crippen LogP contribution in [0.15, 0.2) is 18.2 Å². The van der Waals surface area contributed by atoms with E-state index in [0.29, 0.717) is 24.7 Å². The lowest BCUT2D eigenvalue weighted by Gasteiger charge is -2.44. The van der Waals surface area contributed by atoms with Crippen LogP contribution in [0.2, 0.25) is 0 Å². The van der Waals surface area contributed by atoms with E-state index in [1.165, 1.54) is 6.42 Å². The molecule has 0 radical (unpaired) electrons. The highest BCUT2D eigenvalue weighted by Crippen LogP contribution is 2.36. The maximum atomic E-state index is 13.7. The number of methoxy groups -OCH3 is 1. The van der Waals surface area contributed by atoms with Gasteiger partial charge in [-0.2, -0.15) is 0 Å². The molecule has 0 spiro atoms. The first kappa shape index (κ1) is 22.4. The number of ether oxygens (including phenoxy) is 2. The van der Waals surface area contributed by atoms with Crippen LogP contribution < -0.4 is 9.47 Å². The summed E-state index contributed by atoms with van der Waals surface area (Å²) in [7, 11) is 1.61. The van der Waals surface area contributed by atoms with Crippen molar-refractivity contribution in [2.24, 2.45) is 0 Å². The second-order valence-corrected chi connectivity index (χ2v) is 8.36. The lowest BCUT2D eigenvalue weighted by atomic mass is 9.91. The van der Waals surface area contributed by atoms with Crippen molar-refractivity contribution in [1.29, 1.82) is 0 Å². The standard InChI is InChI=1S/C24H36N2O4/c1-4-6-14-25-22(27)17-26(19-10-8-7-9-11-19)24(28)23(25)18-12-13-20(30-15-5-2)21(16-18)29-3/h12-13,16,19,23H,4-11,14-15,17H2,1-3H3/t23-/m0/s1. The van der Waals surface area contributed by atoms with Gasteiger partial charge in [0.05, 0.1) is 13.7 Å². The molecule has 6 nitrogen and oxygen atoms in total. The number of benzene rings is 1. The lowest BCUT2D eigenvalue weighted by molar-refractivity contribution is -0.159. The lowest BCUT2D eigenvalue weighted by Crippen LogP contribution is -2.58. The summed E-state index contributed by atoms with van der Waals surface area (Å²) in [6, 6.07) is 5.23. The molecule has 1 saturated carbocycles. The fourth-order valence-corrected chi connectivity index (χ4v) is 4.54. The maximum Gasteiger partial charge on any atom is 0.250 e. The molecule has 0 unspecified atom stereocenters. The van der Waals surface area contributed by atoms with E-state index >= 15 is 0 Å². The van der Waals surface area contributed by atoms with E-state index < -0.39 is 6.04 Å². The Morgan fingerprint density at radius 1 is 1.03 bits per heavy atom. The third-order valence-corrected chi connectivity index (χ3v) is 6.19. The predicted octanol–water partition coefficient (Wildman–Crippen LogP) is 4.33. The first-order valence-electron chi connectivity index (χ1n) is 11.5. The van der Waals surface area contributed by atoms with E-state index in [1.807, 2.05) is 23.1 Å². The number of carbonyl (C=O) groups is 2. The summed E-state index contributed by atoms with van der Waals surface area (Å²) in [5.41, 5.74) is 0.797. The Labute approximate surface area is 180 Å². The number of piperazine rings is 1. The Kier molecular flexibility index (Phi) is 8.00. The molecule has 1 aromatic carbocycles. The molecule has 3 rings (SSSR count). The summed E-state index contributed by atoms with van der Waals surface area (Å²) in [5, 5.41) is 0. The van der Waals surface area contributed by atoms with Crippen molar-refractivity contribution < 1.29 is 19.1 Å². The van der Waals surface area contributed by atoms with Gasteiger partial charge in [0, 0.05) is 12.6 Å². The monoisotopic (exact) mass is 416 g/mol. The van der Waals surface area contributed by atoms with Crippen LogP contribution in [0.5, 0.6) is 11.5 Å². The molecule has 1 aromatic rings. The zero-order valence-corrected chi connectivity index (χ0v) is 18.7. The SMILES string of the molecule is CCCCN1C(=O)CN(C2CCCCC2)C(=O)[C@@H]1c1ccc(OCCC)c(OC)c1. The second kappa shape index (κ2) is 10.7. The normalized spacial score (nSPS) is 20.6. The third-order valence-electron chi connectivity index (χ3n) is 6.19. The zero-order valence-electron chi connectivity index (χ0n) is 18.7. The van der Waals surface area contributed by atoms with Crippen molar-refractivity contribution in [3.8, 4) is 11.5 Å². The highest BCUT2D eigenvalue weighted by atomic mass is 16.5. The van der Waals surface area contributed by atoms with E-state index in [9.17, 15) is 9.59 Å². The fourth-order valence-electron chi connectivity index (χ4n) is 4.54. The molecule has 1 heterocycles. The molecule has 0 bridgehead atoms. The molecule has 2 aliphatic rings. The predicted molar refractivity (Wildman–Crippen MR) is 117 cm³/mol. The number of unbranched alkanes of at least 4 members (excludes halogenated alkanes) is 1. The number of rotatable bonds is 9. The number of hydrogen-bond acceptors (Lipinski definition) is 4. The van der Waals surface area contributed by atoms with Crippen molar-refractivity contribution in [3.05, 3.63) is 23.8 Å². The van der Waals surface area contributed by atoms with Gasteiger partial charge in [-0.1, -0.05) is 45.6 Å². The minimum Gasteiger partial charge on any atom is -0.493 e. The van der Waals surface area contributed by atoms with Crippen molar-refractivity contribution in [2.75, 3.05) is 26.8 Å². The van der Waals surface area contributed by atoms with Gasteiger partial charge in [-0.3, -0.25) is 9.59 Å². The molecule has 1 saturated heterocycles. The van der Waals surface area contributed by atoms with Crippen LogP contribution in [-0.2, 0) is 9.59 Å². The van der Waals surface area contributed by atoms with E-state index in [2.05, 4.69) is 13.8 Å². The summed E-state index contributed by atoms with van der Waals surface area (Å²) in [4.78, 5) is 30.4. The fraction of sp³-hybridized carbons (Fsp3) is 0.667. The number of carbonyl (C=O) groups excluding carboxylic acids is 2. The molecular weight excluding hydrogens is 380 g/mol. The van der Waals surface area contributed by atoms with Gasteiger partial charge in [0.2, 0.25) is 5.91 Å². The molecule has 6 heteroatoms. The van der Waals surface area contributed by atoms with Crippen LogP contribution in [0, 0.1) is 0 Å². The highest BCUT2D eigenvalue weighted by molar-refractivity contribution is 5.96. The Morgan fingerprint density at radius 3 is 2.47 bits per heavy atom. The summed E-state index contributed by atoms with van der Waals surface area (Å²) in [6.45, 7) is 5.56. The minimum absolute atomic E-state index is 0.0434. The van der Waals surface area contributed by atoms with Gasteiger partial charge < -0.3 is 19.3 Å². The van der Waals surface area contributed by atoms with Crippen LogP contribution in [0.25, 0.3) is 0 Å². The minimum atomic E-state index is -0.589. The number of amides is 2. The van der Waals surface area contributed by atoms with Crippen molar-refractivity contribution >= 4 is 11.8 Å². The van der Waals surface area contributed by atoms with Crippen LogP contribution in [0.1, 0.15) is 76.8 Å². The number of hydrogen-bond donors (Lipinski definition) is 0. The van der Waals surface area contributed by atoms with Crippen molar-refractivity contribution in [3.63, 3.8) is 0 Å². The summed E-state index contributed by atoms with van der Waals surface area (Å²) in [6.07, 6.45) is 8.23. The Hall–Kier alpha value is -2.24. The van der Waals surface area contributed by atoms with Crippen molar-refractivity contribution in [2.45, 2.75) is 77.3 Å². The molecule has 1 aliphatic carbocycles. The quantitative estimate of drug-likeness (QED) is 0.601. The highest BCUT2D eigenvalue weighted by Gasteiger charge is 2.42. The van der Waals surface area contributed by atoms with E-state index in [4.69, 9.17) is 9.47 Å². The smallest absolute Gasteiger partial charge is 0.250 e. The van der Waals surface area contributed by atoms with Crippen LogP contribution in [0.3, 0.4) is 0 Å². The second-order valence-electron chi connectivity index (χ2n) is 8.36. The molecule has 2 fully saturated rings. The van der Waals surface area contributed by atoms with Crippen LogP contribution >= 0.6 is 0 Å². The molecule has 2 amide bonds. The third kappa shape index (κ3) is 4.90. The van der Waals surface area contributed by atoms with Crippen LogP contribution in [-0.4, -0.2) is 54.5 Å². The maximum absolute atomic E-state index is 13.7. The van der Waals surface area contributed by atoms with Gasteiger partial charge in [-0.25, -0.2) is 0 Å². The molecule has 1 atom stereocenters. The molecule has 0 N–H and O–H groups in total. The first-order valence-corrected chi connectivity index (χ1v) is 11.5. The van der Waals surface area contributed by atoms with Gasteiger partial charge >= 0.3 is 0 Å². The average molecular weight is 417 g/mol. The molecule has 30 heavy (non-hydrogen) atoms. The van der Waals surface area contributed by atoms with Gasteiger partial charge in [-0.05, 0) is 43.4 Å². The largest absolute Gasteiger partial charge is 0.493 e. The van der Waals surface area contributed by atoms with Crippen LogP contribution in [0.4, 0.5) is 0 Å². The molecule has 1 aliphatic heterocycles. The average Bonchev–Trinajstić information content (AvgIpc) is 2.78. The summed E-state index contributed by atoms with van der Waals surface area (Å²) in [5.74, 6) is 1.36. The number of nitrogens with zero attached hydrogens (tertiary/aromatic N) is 2. The Balaban J connectivity index is 1.93. The summed E-state index contributed by atoms with van der Waals surface area (Å²) < 4.78 is 11.3. The van der Waals surface area contributed by atoms with E-state index in [0.717, 1.165) is 50.5 Å². The van der Waals surface area contributed by atoms with E-state index in [-0.39, 0.29) is 24.4 Å². The van der Waals surface area contributed by atoms with Crippen molar-refractivity contribution in [1.82, 2.24) is 9.80 Å². The zero-order chi connectivity index (χ0) is 21.5. The summed E-state index contributed by atoms with van der Waals surface area (Å²) >= 11 is 0. The van der Waals surface area contributed by atoms with E-state index in [1.54, 1.807) is 12.0 Å². The first-order chi connectivity index (χ1) is 14.6. The Bertz CT molecular complexity index is 730. The topological polar surface area (TPSA) is 59.1 Å².